The van der Waals surface area contributed by atoms with Crippen molar-refractivity contribution in [3.8, 4) is 0 Å². The molecule has 19 heavy (non-hydrogen) atoms. The van der Waals surface area contributed by atoms with Crippen molar-refractivity contribution in [1.82, 2.24) is 0 Å². The SMILES string of the molecule is CC(O)CCc1cc(C(F)(F)F)cc(C(F)(F)F)c1. The first-order valence-electron chi connectivity index (χ1n) is 5.46. The van der Waals surface area contributed by atoms with Crippen molar-refractivity contribution in [3.63, 3.8) is 0 Å². The zero-order chi connectivity index (χ0) is 14.8. The summed E-state index contributed by atoms with van der Waals surface area (Å²) >= 11 is 0. The number of rotatable bonds is 3. The fourth-order valence-electron chi connectivity index (χ4n) is 1.54. The normalized spacial score (nSPS) is 14.5. The van der Waals surface area contributed by atoms with Crippen molar-refractivity contribution in [2.75, 3.05) is 0 Å². The highest BCUT2D eigenvalue weighted by Crippen LogP contribution is 2.36. The lowest BCUT2D eigenvalue weighted by atomic mass is 10.0. The number of aliphatic hydroxyl groups excluding tert-OH is 1. The van der Waals surface area contributed by atoms with Crippen molar-refractivity contribution in [3.05, 3.63) is 34.9 Å². The van der Waals surface area contributed by atoms with Gasteiger partial charge in [-0.25, -0.2) is 0 Å². The van der Waals surface area contributed by atoms with E-state index in [1.54, 1.807) is 0 Å². The fourth-order valence-corrected chi connectivity index (χ4v) is 1.54. The van der Waals surface area contributed by atoms with Gasteiger partial charge in [0.2, 0.25) is 0 Å². The van der Waals surface area contributed by atoms with Gasteiger partial charge < -0.3 is 5.11 Å². The minimum atomic E-state index is -4.83. The van der Waals surface area contributed by atoms with E-state index in [1.807, 2.05) is 0 Å². The predicted molar refractivity (Wildman–Crippen MR) is 56.4 cm³/mol. The first-order chi connectivity index (χ1) is 8.50. The molecule has 7 heteroatoms. The van der Waals surface area contributed by atoms with Gasteiger partial charge in [0.15, 0.2) is 0 Å². The quantitative estimate of drug-likeness (QED) is 0.831. The molecule has 0 spiro atoms. The number of aryl methyl sites for hydroxylation is 1. The first kappa shape index (κ1) is 15.8. The maximum atomic E-state index is 12.5. The summed E-state index contributed by atoms with van der Waals surface area (Å²) < 4.78 is 75.1. The summed E-state index contributed by atoms with van der Waals surface area (Å²) in [6.07, 6.45) is -10.4. The molecule has 0 aliphatic rings. The summed E-state index contributed by atoms with van der Waals surface area (Å²) in [5, 5.41) is 9.03. The van der Waals surface area contributed by atoms with E-state index in [4.69, 9.17) is 5.11 Å². The van der Waals surface area contributed by atoms with E-state index >= 15 is 0 Å². The van der Waals surface area contributed by atoms with E-state index in [0.717, 1.165) is 0 Å². The van der Waals surface area contributed by atoms with Crippen molar-refractivity contribution in [2.45, 2.75) is 38.2 Å². The average molecular weight is 286 g/mol. The molecule has 0 aromatic heterocycles. The third-order valence-corrected chi connectivity index (χ3v) is 2.50. The molecule has 1 N–H and O–H groups in total. The molecule has 1 aromatic rings. The van der Waals surface area contributed by atoms with Crippen LogP contribution in [0, 0.1) is 0 Å². The van der Waals surface area contributed by atoms with Crippen LogP contribution >= 0.6 is 0 Å². The third kappa shape index (κ3) is 4.74. The minimum absolute atomic E-state index is 0.0509. The monoisotopic (exact) mass is 286 g/mol. The minimum Gasteiger partial charge on any atom is -0.393 e. The third-order valence-electron chi connectivity index (χ3n) is 2.50. The summed E-state index contributed by atoms with van der Waals surface area (Å²) in [6.45, 7) is 1.41. The maximum absolute atomic E-state index is 12.5. The van der Waals surface area contributed by atoms with E-state index in [1.165, 1.54) is 6.92 Å². The molecule has 0 fully saturated rings. The van der Waals surface area contributed by atoms with Gasteiger partial charge in [0.1, 0.15) is 0 Å². The molecule has 0 radical (unpaired) electrons. The van der Waals surface area contributed by atoms with Crippen LogP contribution in [0.2, 0.25) is 0 Å². The molecule has 1 atom stereocenters. The lowest BCUT2D eigenvalue weighted by molar-refractivity contribution is -0.143. The van der Waals surface area contributed by atoms with E-state index in [2.05, 4.69) is 0 Å². The Morgan fingerprint density at radius 2 is 1.37 bits per heavy atom. The van der Waals surface area contributed by atoms with Gasteiger partial charge in [-0.3, -0.25) is 0 Å². The Hall–Kier alpha value is -1.24. The Kier molecular flexibility index (Phi) is 4.50. The molecule has 1 aromatic carbocycles. The average Bonchev–Trinajstić information content (AvgIpc) is 2.23. The first-order valence-corrected chi connectivity index (χ1v) is 5.46. The van der Waals surface area contributed by atoms with Gasteiger partial charge in [-0.1, -0.05) is 0 Å². The number of halogens is 6. The Labute approximate surface area is 105 Å². The van der Waals surface area contributed by atoms with Gasteiger partial charge in [0.25, 0.3) is 0 Å². The fraction of sp³-hybridized carbons (Fsp3) is 0.500. The molecule has 0 amide bonds. The number of hydrogen-bond donors (Lipinski definition) is 1. The smallest absolute Gasteiger partial charge is 0.393 e. The Morgan fingerprint density at radius 1 is 0.947 bits per heavy atom. The molecule has 1 nitrogen and oxygen atoms in total. The van der Waals surface area contributed by atoms with Gasteiger partial charge in [-0.2, -0.15) is 26.3 Å². The van der Waals surface area contributed by atoms with Gasteiger partial charge in [0.05, 0.1) is 17.2 Å². The number of aliphatic hydroxyl groups is 1. The second-order valence-electron chi connectivity index (χ2n) is 4.30. The van der Waals surface area contributed by atoms with E-state index in [9.17, 15) is 26.3 Å². The molecule has 0 saturated carbocycles. The van der Waals surface area contributed by atoms with Gasteiger partial charge in [-0.15, -0.1) is 0 Å². The lowest BCUT2D eigenvalue weighted by Gasteiger charge is -2.14. The lowest BCUT2D eigenvalue weighted by Crippen LogP contribution is -2.12. The maximum Gasteiger partial charge on any atom is 0.416 e. The van der Waals surface area contributed by atoms with Crippen LogP contribution in [0.15, 0.2) is 18.2 Å². The predicted octanol–water partition coefficient (Wildman–Crippen LogP) is 4.04. The highest BCUT2D eigenvalue weighted by Gasteiger charge is 2.36. The number of hydrogen-bond acceptors (Lipinski definition) is 1. The molecular formula is C12H12F6O. The topological polar surface area (TPSA) is 20.2 Å². The second-order valence-corrected chi connectivity index (χ2v) is 4.30. The highest BCUT2D eigenvalue weighted by atomic mass is 19.4. The zero-order valence-electron chi connectivity index (χ0n) is 9.94. The molecule has 0 saturated heterocycles. The van der Waals surface area contributed by atoms with Gasteiger partial charge in [0, 0.05) is 0 Å². The molecule has 108 valence electrons. The molecule has 0 bridgehead atoms. The largest absolute Gasteiger partial charge is 0.416 e. The second kappa shape index (κ2) is 5.40. The molecule has 0 aliphatic heterocycles. The van der Waals surface area contributed by atoms with E-state index in [-0.39, 0.29) is 24.5 Å². The standard InChI is InChI=1S/C12H12F6O/c1-7(19)2-3-8-4-9(11(13,14)15)6-10(5-8)12(16,17)18/h4-7,19H,2-3H2,1H3. The molecule has 0 aliphatic carbocycles. The van der Waals surface area contributed by atoms with Gasteiger partial charge >= 0.3 is 12.4 Å². The van der Waals surface area contributed by atoms with Crippen LogP contribution in [0.4, 0.5) is 26.3 Å². The summed E-state index contributed by atoms with van der Waals surface area (Å²) in [6, 6.07) is 1.45. The highest BCUT2D eigenvalue weighted by molar-refractivity contribution is 5.33. The van der Waals surface area contributed by atoms with Crippen LogP contribution in [-0.4, -0.2) is 11.2 Å². The van der Waals surface area contributed by atoms with Crippen LogP contribution in [0.3, 0.4) is 0 Å². The van der Waals surface area contributed by atoms with Crippen molar-refractivity contribution < 1.29 is 31.4 Å². The molecular weight excluding hydrogens is 274 g/mol. The van der Waals surface area contributed by atoms with Crippen molar-refractivity contribution >= 4 is 0 Å². The van der Waals surface area contributed by atoms with Crippen LogP contribution in [0.25, 0.3) is 0 Å². The number of benzene rings is 1. The molecule has 1 rings (SSSR count). The zero-order valence-corrected chi connectivity index (χ0v) is 9.94. The summed E-state index contributed by atoms with van der Waals surface area (Å²) in [5.74, 6) is 0. The summed E-state index contributed by atoms with van der Waals surface area (Å²) in [7, 11) is 0. The van der Waals surface area contributed by atoms with Crippen LogP contribution in [0.5, 0.6) is 0 Å². The van der Waals surface area contributed by atoms with E-state index < -0.39 is 29.6 Å². The Bertz CT molecular complexity index is 401. The molecule has 0 heterocycles. The van der Waals surface area contributed by atoms with Crippen LogP contribution in [0.1, 0.15) is 30.0 Å². The number of alkyl halides is 6. The Morgan fingerprint density at radius 3 is 1.68 bits per heavy atom. The summed E-state index contributed by atoms with van der Waals surface area (Å²) in [4.78, 5) is 0. The van der Waals surface area contributed by atoms with E-state index in [0.29, 0.717) is 12.1 Å². The van der Waals surface area contributed by atoms with Crippen molar-refractivity contribution in [2.24, 2.45) is 0 Å². The Balaban J connectivity index is 3.17. The van der Waals surface area contributed by atoms with Crippen LogP contribution < -0.4 is 0 Å². The van der Waals surface area contributed by atoms with Crippen molar-refractivity contribution in [1.29, 1.82) is 0 Å². The van der Waals surface area contributed by atoms with Gasteiger partial charge in [-0.05, 0) is 43.5 Å². The van der Waals surface area contributed by atoms with Crippen LogP contribution in [-0.2, 0) is 18.8 Å². The summed E-state index contributed by atoms with van der Waals surface area (Å²) in [5.41, 5.74) is -2.76. The molecule has 1 unspecified atom stereocenters.